The lowest BCUT2D eigenvalue weighted by atomic mass is 10.1. The maximum Gasteiger partial charge on any atom is 0.178 e. The van der Waals surface area contributed by atoms with Crippen LogP contribution in [0.1, 0.15) is 37.0 Å². The van der Waals surface area contributed by atoms with Crippen molar-refractivity contribution in [2.24, 2.45) is 0 Å². The summed E-state index contributed by atoms with van der Waals surface area (Å²) in [5, 5.41) is 10.0. The summed E-state index contributed by atoms with van der Waals surface area (Å²) in [7, 11) is 0. The Morgan fingerprint density at radius 2 is 1.95 bits per heavy atom. The molecule has 0 aliphatic rings. The van der Waals surface area contributed by atoms with Crippen LogP contribution in [0.4, 0.5) is 0 Å². The van der Waals surface area contributed by atoms with Crippen LogP contribution in [0.25, 0.3) is 0 Å². The molecule has 0 saturated heterocycles. The van der Waals surface area contributed by atoms with Crippen molar-refractivity contribution in [1.82, 2.24) is 4.90 Å². The number of Topliss-reactive ketones (excluding diaryl/α,β-unsaturated/α-hetero) is 1. The van der Waals surface area contributed by atoms with Crippen molar-refractivity contribution in [2.75, 3.05) is 19.7 Å². The molecule has 1 N–H and O–H groups in total. The van der Waals surface area contributed by atoms with Crippen molar-refractivity contribution in [1.29, 1.82) is 0 Å². The van der Waals surface area contributed by atoms with Crippen molar-refractivity contribution in [3.05, 3.63) is 33.8 Å². The molecule has 3 nitrogen and oxygen atoms in total. The van der Waals surface area contributed by atoms with E-state index in [4.69, 9.17) is 28.3 Å². The second-order valence-electron chi connectivity index (χ2n) is 4.71. The number of carbonyl (C=O) groups is 1. The third-order valence-corrected chi connectivity index (χ3v) is 3.97. The molecule has 0 spiro atoms. The van der Waals surface area contributed by atoms with Gasteiger partial charge in [-0.15, -0.1) is 0 Å². The Bertz CT molecular complexity index is 447. The van der Waals surface area contributed by atoms with Crippen molar-refractivity contribution >= 4 is 29.0 Å². The molecule has 0 fully saturated rings. The number of halogens is 2. The molecule has 20 heavy (non-hydrogen) atoms. The lowest BCUT2D eigenvalue weighted by Gasteiger charge is -2.29. The molecule has 112 valence electrons. The van der Waals surface area contributed by atoms with E-state index in [0.717, 1.165) is 12.8 Å². The van der Waals surface area contributed by atoms with Gasteiger partial charge in [-0.3, -0.25) is 9.69 Å². The van der Waals surface area contributed by atoms with E-state index >= 15 is 0 Å². The Morgan fingerprint density at radius 1 is 1.30 bits per heavy atom. The Hall–Kier alpha value is -0.610. The van der Waals surface area contributed by atoms with Gasteiger partial charge >= 0.3 is 0 Å². The molecule has 0 aromatic heterocycles. The summed E-state index contributed by atoms with van der Waals surface area (Å²) in [5.74, 6) is -0.0491. The number of hydrogen-bond donors (Lipinski definition) is 1. The first-order valence-corrected chi connectivity index (χ1v) is 7.62. The molecule has 0 bridgehead atoms. The van der Waals surface area contributed by atoms with Gasteiger partial charge in [0.2, 0.25) is 0 Å². The minimum atomic E-state index is -0.0491. The Labute approximate surface area is 130 Å². The molecule has 1 aromatic carbocycles. The molecular formula is C15H21Cl2NO2. The van der Waals surface area contributed by atoms with Crippen LogP contribution in [0.2, 0.25) is 10.0 Å². The fourth-order valence-electron chi connectivity index (χ4n) is 2.31. The van der Waals surface area contributed by atoms with E-state index in [9.17, 15) is 4.79 Å². The zero-order valence-corrected chi connectivity index (χ0v) is 13.4. The van der Waals surface area contributed by atoms with Crippen molar-refractivity contribution < 1.29 is 9.90 Å². The SMILES string of the molecule is CCC(CC)N(CCO)CC(=O)c1ccc(Cl)cc1Cl. The van der Waals surface area contributed by atoms with Crippen LogP contribution in [-0.4, -0.2) is 41.5 Å². The Morgan fingerprint density at radius 3 is 2.45 bits per heavy atom. The molecule has 0 atom stereocenters. The molecule has 0 saturated carbocycles. The standard InChI is InChI=1S/C15H21Cl2NO2/c1-3-12(4-2)18(7-8-19)10-15(20)13-6-5-11(16)9-14(13)17/h5-6,9,12,19H,3-4,7-8,10H2,1-2H3. The van der Waals surface area contributed by atoms with E-state index in [0.29, 0.717) is 22.2 Å². The number of nitrogens with zero attached hydrogens (tertiary/aromatic N) is 1. The van der Waals surface area contributed by atoms with Crippen LogP contribution >= 0.6 is 23.2 Å². The highest BCUT2D eigenvalue weighted by molar-refractivity contribution is 6.36. The first-order valence-electron chi connectivity index (χ1n) is 6.86. The van der Waals surface area contributed by atoms with Gasteiger partial charge in [0.1, 0.15) is 0 Å². The van der Waals surface area contributed by atoms with E-state index < -0.39 is 0 Å². The zero-order chi connectivity index (χ0) is 15.1. The van der Waals surface area contributed by atoms with Crippen LogP contribution in [0.15, 0.2) is 18.2 Å². The molecule has 0 heterocycles. The third kappa shape index (κ3) is 4.74. The number of benzene rings is 1. The number of rotatable bonds is 8. The third-order valence-electron chi connectivity index (χ3n) is 3.42. The van der Waals surface area contributed by atoms with Crippen molar-refractivity contribution in [3.8, 4) is 0 Å². The summed E-state index contributed by atoms with van der Waals surface area (Å²) in [4.78, 5) is 14.4. The average Bonchev–Trinajstić information content (AvgIpc) is 2.40. The highest BCUT2D eigenvalue weighted by Gasteiger charge is 2.20. The second-order valence-corrected chi connectivity index (χ2v) is 5.56. The number of aliphatic hydroxyl groups excluding tert-OH is 1. The smallest absolute Gasteiger partial charge is 0.178 e. The maximum absolute atomic E-state index is 12.3. The second kappa shape index (κ2) is 8.63. The fraction of sp³-hybridized carbons (Fsp3) is 0.533. The lowest BCUT2D eigenvalue weighted by molar-refractivity contribution is 0.0850. The number of hydrogen-bond acceptors (Lipinski definition) is 3. The van der Waals surface area contributed by atoms with Gasteiger partial charge in [-0.2, -0.15) is 0 Å². The van der Waals surface area contributed by atoms with Crippen molar-refractivity contribution in [3.63, 3.8) is 0 Å². The van der Waals surface area contributed by atoms with Gasteiger partial charge < -0.3 is 5.11 Å². The molecule has 5 heteroatoms. The zero-order valence-electron chi connectivity index (χ0n) is 11.9. The number of ketones is 1. The first kappa shape index (κ1) is 17.4. The Balaban J connectivity index is 2.84. The van der Waals surface area contributed by atoms with Gasteiger partial charge in [0.05, 0.1) is 18.2 Å². The molecule has 0 aliphatic carbocycles. The lowest BCUT2D eigenvalue weighted by Crippen LogP contribution is -2.40. The molecule has 0 amide bonds. The van der Waals surface area contributed by atoms with Gasteiger partial charge in [0, 0.05) is 23.2 Å². The molecule has 1 aromatic rings. The minimum Gasteiger partial charge on any atom is -0.395 e. The highest BCUT2D eigenvalue weighted by atomic mass is 35.5. The average molecular weight is 318 g/mol. The summed E-state index contributed by atoms with van der Waals surface area (Å²) < 4.78 is 0. The predicted octanol–water partition coefficient (Wildman–Crippen LogP) is 3.66. The van der Waals surface area contributed by atoms with E-state index in [1.165, 1.54) is 0 Å². The summed E-state index contributed by atoms with van der Waals surface area (Å²) in [6, 6.07) is 5.17. The summed E-state index contributed by atoms with van der Waals surface area (Å²) in [6.45, 7) is 4.95. The van der Waals surface area contributed by atoms with Crippen LogP contribution in [0.5, 0.6) is 0 Å². The number of aliphatic hydroxyl groups is 1. The van der Waals surface area contributed by atoms with Crippen LogP contribution in [0, 0.1) is 0 Å². The molecule has 1 rings (SSSR count). The molecule has 0 unspecified atom stereocenters. The molecular weight excluding hydrogens is 297 g/mol. The normalized spacial score (nSPS) is 11.3. The largest absolute Gasteiger partial charge is 0.395 e. The Kier molecular flexibility index (Phi) is 7.52. The molecule has 0 aliphatic heterocycles. The van der Waals surface area contributed by atoms with Crippen LogP contribution in [-0.2, 0) is 0 Å². The van der Waals surface area contributed by atoms with Gasteiger partial charge in [-0.1, -0.05) is 37.0 Å². The van der Waals surface area contributed by atoms with E-state index in [-0.39, 0.29) is 25.0 Å². The highest BCUT2D eigenvalue weighted by Crippen LogP contribution is 2.22. The maximum atomic E-state index is 12.3. The van der Waals surface area contributed by atoms with Gasteiger partial charge in [-0.25, -0.2) is 0 Å². The van der Waals surface area contributed by atoms with Gasteiger partial charge in [0.15, 0.2) is 5.78 Å². The topological polar surface area (TPSA) is 40.5 Å². The van der Waals surface area contributed by atoms with Gasteiger partial charge in [0.25, 0.3) is 0 Å². The van der Waals surface area contributed by atoms with Crippen molar-refractivity contribution in [2.45, 2.75) is 32.7 Å². The number of carbonyl (C=O) groups excluding carboxylic acids is 1. The van der Waals surface area contributed by atoms with Crippen LogP contribution in [0.3, 0.4) is 0 Å². The quantitative estimate of drug-likeness (QED) is 0.744. The predicted molar refractivity (Wildman–Crippen MR) is 83.8 cm³/mol. The fourth-order valence-corrected chi connectivity index (χ4v) is 2.82. The molecule has 0 radical (unpaired) electrons. The summed E-state index contributed by atoms with van der Waals surface area (Å²) >= 11 is 11.9. The monoisotopic (exact) mass is 317 g/mol. The van der Waals surface area contributed by atoms with Gasteiger partial charge in [-0.05, 0) is 31.0 Å². The van der Waals surface area contributed by atoms with E-state index in [1.807, 2.05) is 4.90 Å². The summed E-state index contributed by atoms with van der Waals surface area (Å²) in [6.07, 6.45) is 1.89. The van der Waals surface area contributed by atoms with E-state index in [1.54, 1.807) is 18.2 Å². The van der Waals surface area contributed by atoms with Crippen LogP contribution < -0.4 is 0 Å². The van der Waals surface area contributed by atoms with E-state index in [2.05, 4.69) is 13.8 Å². The minimum absolute atomic E-state index is 0.0398. The first-order chi connectivity index (χ1) is 9.53. The summed E-state index contributed by atoms with van der Waals surface area (Å²) in [5.41, 5.74) is 0.477.